The molecule has 0 heterocycles. The molecule has 0 aromatic heterocycles. The molecule has 0 N–H and O–H groups in total. The normalized spacial score (nSPS) is 9.88. The summed E-state index contributed by atoms with van der Waals surface area (Å²) in [5.74, 6) is 0. The zero-order valence-corrected chi connectivity index (χ0v) is 10.5. The molecule has 0 saturated carbocycles. The van der Waals surface area contributed by atoms with Crippen molar-refractivity contribution in [1.29, 1.82) is 5.26 Å². The zero-order valence-electron chi connectivity index (χ0n) is 10.5. The largest absolute Gasteiger partial charge is 0.452 e. The van der Waals surface area contributed by atoms with Crippen LogP contribution in [0.4, 0.5) is 10.5 Å². The number of hydrogen-bond acceptors (Lipinski definition) is 3. The van der Waals surface area contributed by atoms with Crippen LogP contribution in [-0.4, -0.2) is 19.2 Å². The Morgan fingerprint density at radius 1 is 1.47 bits per heavy atom. The summed E-state index contributed by atoms with van der Waals surface area (Å²) >= 11 is 0. The first-order chi connectivity index (χ1) is 8.01. The number of benzene rings is 1. The first kappa shape index (κ1) is 13.0. The van der Waals surface area contributed by atoms with Gasteiger partial charge in [0.1, 0.15) is 6.07 Å². The van der Waals surface area contributed by atoms with E-state index in [1.165, 1.54) is 12.0 Å². The topological polar surface area (TPSA) is 53.3 Å². The first-order valence-corrected chi connectivity index (χ1v) is 5.39. The standard InChI is InChI=1S/C13H16N2O2/c1-9(2)15(13(16)17-4)12-7-10(3)5-6-11(12)8-14/h5-7,9H,1-4H3. The van der Waals surface area contributed by atoms with Crippen LogP contribution in [0.15, 0.2) is 18.2 Å². The van der Waals surface area contributed by atoms with Gasteiger partial charge in [0.25, 0.3) is 0 Å². The van der Waals surface area contributed by atoms with Crippen molar-refractivity contribution in [2.45, 2.75) is 26.8 Å². The number of hydrogen-bond donors (Lipinski definition) is 0. The Morgan fingerprint density at radius 3 is 2.59 bits per heavy atom. The van der Waals surface area contributed by atoms with E-state index in [2.05, 4.69) is 6.07 Å². The molecule has 0 aliphatic carbocycles. The number of nitriles is 1. The number of carbonyl (C=O) groups excluding carboxylic acids is 1. The predicted molar refractivity (Wildman–Crippen MR) is 65.9 cm³/mol. The van der Waals surface area contributed by atoms with Gasteiger partial charge in [-0.05, 0) is 38.5 Å². The van der Waals surface area contributed by atoms with Crippen LogP contribution in [0.3, 0.4) is 0 Å². The molecule has 1 amide bonds. The van der Waals surface area contributed by atoms with Gasteiger partial charge in [-0.3, -0.25) is 4.90 Å². The number of methoxy groups -OCH3 is 1. The Labute approximate surface area is 101 Å². The molecule has 0 unspecified atom stereocenters. The number of aryl methyl sites for hydroxylation is 1. The number of nitrogens with zero attached hydrogens (tertiary/aromatic N) is 2. The van der Waals surface area contributed by atoms with Crippen LogP contribution in [0.25, 0.3) is 0 Å². The zero-order chi connectivity index (χ0) is 13.0. The number of anilines is 1. The van der Waals surface area contributed by atoms with Crippen molar-refractivity contribution in [2.24, 2.45) is 0 Å². The van der Waals surface area contributed by atoms with Crippen LogP contribution in [0, 0.1) is 18.3 Å². The number of carbonyl (C=O) groups is 1. The summed E-state index contributed by atoms with van der Waals surface area (Å²) in [6.07, 6.45) is -0.456. The smallest absolute Gasteiger partial charge is 0.414 e. The molecule has 0 aliphatic rings. The van der Waals surface area contributed by atoms with Gasteiger partial charge in [0.05, 0.1) is 18.4 Å². The molecule has 0 bridgehead atoms. The van der Waals surface area contributed by atoms with E-state index in [1.54, 1.807) is 6.07 Å². The SMILES string of the molecule is COC(=O)N(c1cc(C)ccc1C#N)C(C)C. The lowest BCUT2D eigenvalue weighted by Crippen LogP contribution is -2.37. The van der Waals surface area contributed by atoms with Crippen molar-refractivity contribution in [3.8, 4) is 6.07 Å². The van der Waals surface area contributed by atoms with Crippen molar-refractivity contribution >= 4 is 11.8 Å². The van der Waals surface area contributed by atoms with Crippen molar-refractivity contribution < 1.29 is 9.53 Å². The lowest BCUT2D eigenvalue weighted by atomic mass is 10.1. The van der Waals surface area contributed by atoms with E-state index in [1.807, 2.05) is 32.9 Å². The van der Waals surface area contributed by atoms with Gasteiger partial charge in [-0.1, -0.05) is 6.07 Å². The van der Waals surface area contributed by atoms with E-state index in [0.29, 0.717) is 11.3 Å². The lowest BCUT2D eigenvalue weighted by Gasteiger charge is -2.26. The molecule has 4 heteroatoms. The fourth-order valence-electron chi connectivity index (χ4n) is 1.62. The minimum Gasteiger partial charge on any atom is -0.452 e. The maximum atomic E-state index is 11.7. The van der Waals surface area contributed by atoms with E-state index in [9.17, 15) is 4.79 Å². The van der Waals surface area contributed by atoms with Crippen molar-refractivity contribution in [3.63, 3.8) is 0 Å². The second kappa shape index (κ2) is 5.35. The van der Waals surface area contributed by atoms with Gasteiger partial charge in [0.2, 0.25) is 0 Å². The molecule has 1 rings (SSSR count). The highest BCUT2D eigenvalue weighted by atomic mass is 16.5. The Kier molecular flexibility index (Phi) is 4.11. The Bertz CT molecular complexity index is 461. The fraction of sp³-hybridized carbons (Fsp3) is 0.385. The molecule has 0 atom stereocenters. The molecular weight excluding hydrogens is 216 g/mol. The summed E-state index contributed by atoms with van der Waals surface area (Å²) in [5, 5.41) is 9.07. The van der Waals surface area contributed by atoms with Crippen LogP contribution < -0.4 is 4.90 Å². The van der Waals surface area contributed by atoms with E-state index >= 15 is 0 Å². The predicted octanol–water partition coefficient (Wildman–Crippen LogP) is 2.85. The highest BCUT2D eigenvalue weighted by Crippen LogP contribution is 2.24. The summed E-state index contributed by atoms with van der Waals surface area (Å²) < 4.78 is 4.75. The van der Waals surface area contributed by atoms with Crippen molar-refractivity contribution in [2.75, 3.05) is 12.0 Å². The van der Waals surface area contributed by atoms with Crippen molar-refractivity contribution in [3.05, 3.63) is 29.3 Å². The van der Waals surface area contributed by atoms with E-state index in [-0.39, 0.29) is 6.04 Å². The van der Waals surface area contributed by atoms with Gasteiger partial charge < -0.3 is 4.74 Å². The Morgan fingerprint density at radius 2 is 2.12 bits per heavy atom. The number of amides is 1. The molecule has 0 radical (unpaired) electrons. The fourth-order valence-corrected chi connectivity index (χ4v) is 1.62. The van der Waals surface area contributed by atoms with Crippen LogP contribution in [0.1, 0.15) is 25.0 Å². The van der Waals surface area contributed by atoms with Crippen molar-refractivity contribution in [1.82, 2.24) is 0 Å². The molecule has 1 aromatic rings. The third-order valence-corrected chi connectivity index (χ3v) is 2.42. The molecule has 0 aliphatic heterocycles. The quantitative estimate of drug-likeness (QED) is 0.787. The highest BCUT2D eigenvalue weighted by Gasteiger charge is 2.22. The second-order valence-corrected chi connectivity index (χ2v) is 4.07. The maximum absolute atomic E-state index is 11.7. The average Bonchev–Trinajstić information content (AvgIpc) is 2.29. The lowest BCUT2D eigenvalue weighted by molar-refractivity contribution is 0.177. The maximum Gasteiger partial charge on any atom is 0.414 e. The van der Waals surface area contributed by atoms with Gasteiger partial charge >= 0.3 is 6.09 Å². The molecule has 0 spiro atoms. The third kappa shape index (κ3) is 2.76. The summed E-state index contributed by atoms with van der Waals surface area (Å²) in [7, 11) is 1.33. The molecule has 17 heavy (non-hydrogen) atoms. The third-order valence-electron chi connectivity index (χ3n) is 2.42. The van der Waals surface area contributed by atoms with E-state index in [0.717, 1.165) is 5.56 Å². The summed E-state index contributed by atoms with van der Waals surface area (Å²) in [6, 6.07) is 7.39. The highest BCUT2D eigenvalue weighted by molar-refractivity contribution is 5.90. The van der Waals surface area contributed by atoms with Crippen LogP contribution in [-0.2, 0) is 4.74 Å². The van der Waals surface area contributed by atoms with Crippen LogP contribution in [0.2, 0.25) is 0 Å². The molecule has 90 valence electrons. The molecule has 0 fully saturated rings. The number of ether oxygens (including phenoxy) is 1. The monoisotopic (exact) mass is 232 g/mol. The number of rotatable bonds is 2. The minimum absolute atomic E-state index is 0.0728. The summed E-state index contributed by atoms with van der Waals surface area (Å²) in [4.78, 5) is 13.2. The Balaban J connectivity index is 3.32. The van der Waals surface area contributed by atoms with E-state index < -0.39 is 6.09 Å². The second-order valence-electron chi connectivity index (χ2n) is 4.07. The van der Waals surface area contributed by atoms with Crippen LogP contribution in [0.5, 0.6) is 0 Å². The molecule has 1 aromatic carbocycles. The summed E-state index contributed by atoms with van der Waals surface area (Å²) in [6.45, 7) is 5.67. The first-order valence-electron chi connectivity index (χ1n) is 5.39. The van der Waals surface area contributed by atoms with Gasteiger partial charge in [-0.25, -0.2) is 4.79 Å². The van der Waals surface area contributed by atoms with Gasteiger partial charge in [0, 0.05) is 6.04 Å². The molecule has 4 nitrogen and oxygen atoms in total. The van der Waals surface area contributed by atoms with Gasteiger partial charge in [-0.2, -0.15) is 5.26 Å². The average molecular weight is 232 g/mol. The molecule has 0 saturated heterocycles. The van der Waals surface area contributed by atoms with Gasteiger partial charge in [0.15, 0.2) is 0 Å². The van der Waals surface area contributed by atoms with Crippen LogP contribution >= 0.6 is 0 Å². The Hall–Kier alpha value is -2.02. The molecular formula is C13H16N2O2. The van der Waals surface area contributed by atoms with Gasteiger partial charge in [-0.15, -0.1) is 0 Å². The van der Waals surface area contributed by atoms with E-state index in [4.69, 9.17) is 10.00 Å². The summed E-state index contributed by atoms with van der Waals surface area (Å²) in [5.41, 5.74) is 2.05. The minimum atomic E-state index is -0.456.